The van der Waals surface area contributed by atoms with Crippen LogP contribution in [0.5, 0.6) is 0 Å². The molecule has 4 rings (SSSR count). The van der Waals surface area contributed by atoms with Crippen molar-refractivity contribution >= 4 is 57.5 Å². The van der Waals surface area contributed by atoms with Crippen LogP contribution < -0.4 is 0 Å². The highest BCUT2D eigenvalue weighted by Gasteiger charge is 2.18. The average molecular weight is 471 g/mol. The topological polar surface area (TPSA) is 56.3 Å². The van der Waals surface area contributed by atoms with Gasteiger partial charge in [-0.3, -0.25) is 4.79 Å². The van der Waals surface area contributed by atoms with Gasteiger partial charge in [0, 0.05) is 26.6 Å². The zero-order valence-electron chi connectivity index (χ0n) is 15.9. The maximum absolute atomic E-state index is 12.9. The second-order valence-corrected chi connectivity index (χ2v) is 7.98. The first-order chi connectivity index (χ1) is 14.9. The number of Topliss-reactive ketones (excluding diaryl/α,β-unsaturated/α-hetero) is 1. The Morgan fingerprint density at radius 1 is 0.839 bits per heavy atom. The van der Waals surface area contributed by atoms with Gasteiger partial charge in [0.15, 0.2) is 12.4 Å². The number of hydrogen-bond acceptors (Lipinski definition) is 4. The number of carbonyl (C=O) groups is 2. The van der Waals surface area contributed by atoms with E-state index in [0.29, 0.717) is 37.2 Å². The van der Waals surface area contributed by atoms with E-state index in [-0.39, 0.29) is 11.3 Å². The molecule has 0 bridgehead atoms. The summed E-state index contributed by atoms with van der Waals surface area (Å²) in [4.78, 5) is 29.9. The van der Waals surface area contributed by atoms with Crippen LogP contribution in [-0.2, 0) is 4.74 Å². The highest BCUT2D eigenvalue weighted by molar-refractivity contribution is 6.35. The van der Waals surface area contributed by atoms with Gasteiger partial charge in [0.1, 0.15) is 0 Å². The van der Waals surface area contributed by atoms with Crippen molar-refractivity contribution in [3.8, 4) is 11.3 Å². The minimum Gasteiger partial charge on any atom is -0.454 e. The molecule has 4 nitrogen and oxygen atoms in total. The summed E-state index contributed by atoms with van der Waals surface area (Å²) in [5.74, 6) is -0.980. The number of pyridine rings is 1. The van der Waals surface area contributed by atoms with Crippen LogP contribution in [0.15, 0.2) is 72.8 Å². The molecular weight excluding hydrogens is 457 g/mol. The van der Waals surface area contributed by atoms with Crippen LogP contribution in [0, 0.1) is 0 Å². The molecule has 0 saturated carbocycles. The number of benzene rings is 3. The van der Waals surface area contributed by atoms with Gasteiger partial charge in [-0.2, -0.15) is 0 Å². The van der Waals surface area contributed by atoms with Gasteiger partial charge in [-0.25, -0.2) is 9.78 Å². The van der Waals surface area contributed by atoms with E-state index in [9.17, 15) is 9.59 Å². The monoisotopic (exact) mass is 469 g/mol. The van der Waals surface area contributed by atoms with Gasteiger partial charge in [-0.05, 0) is 48.5 Å². The lowest BCUT2D eigenvalue weighted by Crippen LogP contribution is -2.15. The van der Waals surface area contributed by atoms with Gasteiger partial charge in [0.2, 0.25) is 0 Å². The average Bonchev–Trinajstić information content (AvgIpc) is 2.78. The zero-order valence-corrected chi connectivity index (χ0v) is 18.2. The van der Waals surface area contributed by atoms with Crippen LogP contribution in [0.4, 0.5) is 0 Å². The number of esters is 1. The molecule has 0 unspecified atom stereocenters. The van der Waals surface area contributed by atoms with Crippen LogP contribution in [-0.4, -0.2) is 23.3 Å². The number of ketones is 1. The maximum atomic E-state index is 12.9. The van der Waals surface area contributed by atoms with Crippen molar-refractivity contribution in [3.05, 3.63) is 99.0 Å². The number of carbonyl (C=O) groups excluding carboxylic acids is 2. The number of ether oxygens (including phenoxy) is 1. The molecule has 0 N–H and O–H groups in total. The molecule has 3 aromatic carbocycles. The van der Waals surface area contributed by atoms with Crippen molar-refractivity contribution in [2.75, 3.05) is 6.61 Å². The smallest absolute Gasteiger partial charge is 0.339 e. The van der Waals surface area contributed by atoms with E-state index in [4.69, 9.17) is 39.5 Å². The van der Waals surface area contributed by atoms with E-state index in [0.717, 1.165) is 5.56 Å². The summed E-state index contributed by atoms with van der Waals surface area (Å²) in [6.07, 6.45) is 0. The Morgan fingerprint density at radius 2 is 1.48 bits per heavy atom. The third-order valence-corrected chi connectivity index (χ3v) is 5.46. The van der Waals surface area contributed by atoms with Gasteiger partial charge >= 0.3 is 5.97 Å². The fourth-order valence-corrected chi connectivity index (χ4v) is 3.55. The van der Waals surface area contributed by atoms with Gasteiger partial charge in [0.25, 0.3) is 0 Å². The van der Waals surface area contributed by atoms with Crippen LogP contribution in [0.1, 0.15) is 20.7 Å². The van der Waals surface area contributed by atoms with Gasteiger partial charge < -0.3 is 4.74 Å². The Balaban J connectivity index is 1.67. The summed E-state index contributed by atoms with van der Waals surface area (Å²) in [6, 6.07) is 20.2. The van der Waals surface area contributed by atoms with Crippen LogP contribution >= 0.6 is 34.8 Å². The third kappa shape index (κ3) is 4.72. The summed E-state index contributed by atoms with van der Waals surface area (Å²) < 4.78 is 5.32. The molecule has 0 fully saturated rings. The van der Waals surface area contributed by atoms with E-state index in [1.807, 2.05) is 0 Å². The summed E-state index contributed by atoms with van der Waals surface area (Å²) in [6.45, 7) is -0.402. The Morgan fingerprint density at radius 3 is 2.16 bits per heavy atom. The van der Waals surface area contributed by atoms with Crippen molar-refractivity contribution in [2.45, 2.75) is 0 Å². The first-order valence-electron chi connectivity index (χ1n) is 9.23. The number of fused-ring (bicyclic) bond motifs is 1. The minimum atomic E-state index is -0.646. The lowest BCUT2D eigenvalue weighted by Gasteiger charge is -2.11. The summed E-state index contributed by atoms with van der Waals surface area (Å²) in [5, 5.41) is 2.04. The molecule has 154 valence electrons. The molecule has 0 amide bonds. The number of rotatable bonds is 5. The molecule has 0 saturated heterocycles. The standard InChI is InChI=1S/C24H14Cl3NO3/c25-16-8-4-14(5-9-16)21-12-19(18-2-1-3-20(27)23(18)28-21)24(30)31-13-22(29)15-6-10-17(26)11-7-15/h1-12H,13H2. The quantitative estimate of drug-likeness (QED) is 0.235. The summed E-state index contributed by atoms with van der Waals surface area (Å²) >= 11 is 18.2. The molecular formula is C24H14Cl3NO3. The maximum Gasteiger partial charge on any atom is 0.339 e. The fourth-order valence-electron chi connectivity index (χ4n) is 3.08. The zero-order chi connectivity index (χ0) is 22.0. The van der Waals surface area contributed by atoms with Gasteiger partial charge in [0.05, 0.1) is 21.8 Å². The molecule has 0 aliphatic carbocycles. The van der Waals surface area contributed by atoms with E-state index in [2.05, 4.69) is 4.98 Å². The Bertz CT molecular complexity index is 1290. The molecule has 0 atom stereocenters. The Kier molecular flexibility index (Phi) is 6.23. The number of aromatic nitrogens is 1. The SMILES string of the molecule is O=C(COC(=O)c1cc(-c2ccc(Cl)cc2)nc2c(Cl)cccc12)c1ccc(Cl)cc1. The molecule has 7 heteroatoms. The lowest BCUT2D eigenvalue weighted by atomic mass is 10.0. The van der Waals surface area contributed by atoms with E-state index < -0.39 is 12.6 Å². The van der Waals surface area contributed by atoms with Crippen molar-refractivity contribution in [1.29, 1.82) is 0 Å². The molecule has 0 spiro atoms. The van der Waals surface area contributed by atoms with E-state index in [1.54, 1.807) is 72.8 Å². The van der Waals surface area contributed by atoms with E-state index in [1.165, 1.54) is 0 Å². The molecule has 0 radical (unpaired) electrons. The van der Waals surface area contributed by atoms with Crippen LogP contribution in [0.3, 0.4) is 0 Å². The number of para-hydroxylation sites is 1. The second-order valence-electron chi connectivity index (χ2n) is 6.70. The first-order valence-corrected chi connectivity index (χ1v) is 10.4. The predicted octanol–water partition coefficient (Wildman–Crippen LogP) is 6.90. The molecule has 0 aliphatic rings. The van der Waals surface area contributed by atoms with E-state index >= 15 is 0 Å². The lowest BCUT2D eigenvalue weighted by molar-refractivity contribution is 0.0476. The number of nitrogens with zero attached hydrogens (tertiary/aromatic N) is 1. The van der Waals surface area contributed by atoms with Crippen LogP contribution in [0.2, 0.25) is 15.1 Å². The highest BCUT2D eigenvalue weighted by Crippen LogP contribution is 2.30. The fraction of sp³-hybridized carbons (Fsp3) is 0.0417. The van der Waals surface area contributed by atoms with Crippen molar-refractivity contribution in [1.82, 2.24) is 4.98 Å². The normalized spacial score (nSPS) is 10.8. The summed E-state index contributed by atoms with van der Waals surface area (Å²) in [7, 11) is 0. The van der Waals surface area contributed by atoms with Gasteiger partial charge in [-0.15, -0.1) is 0 Å². The first kappa shape index (κ1) is 21.3. The van der Waals surface area contributed by atoms with Gasteiger partial charge in [-0.1, -0.05) is 59.1 Å². The van der Waals surface area contributed by atoms with Crippen molar-refractivity contribution in [3.63, 3.8) is 0 Å². The summed E-state index contributed by atoms with van der Waals surface area (Å²) in [5.41, 5.74) is 2.43. The van der Waals surface area contributed by atoms with Crippen molar-refractivity contribution < 1.29 is 14.3 Å². The predicted molar refractivity (Wildman–Crippen MR) is 123 cm³/mol. The second kappa shape index (κ2) is 9.06. The molecule has 0 aliphatic heterocycles. The molecule has 4 aromatic rings. The third-order valence-electron chi connectivity index (χ3n) is 4.65. The minimum absolute atomic E-state index is 0.265. The molecule has 1 heterocycles. The Hall–Kier alpha value is -2.92. The largest absolute Gasteiger partial charge is 0.454 e. The number of halogens is 3. The Labute approximate surface area is 193 Å². The molecule has 31 heavy (non-hydrogen) atoms. The van der Waals surface area contributed by atoms with Crippen molar-refractivity contribution in [2.24, 2.45) is 0 Å². The van der Waals surface area contributed by atoms with Crippen LogP contribution in [0.25, 0.3) is 22.2 Å². The highest BCUT2D eigenvalue weighted by atomic mass is 35.5. The molecule has 1 aromatic heterocycles. The number of hydrogen-bond donors (Lipinski definition) is 0.